The molecule has 3 N–H and O–H groups in total. The maximum Gasteiger partial charge on any atom is 1.00 e. The number of esters is 2. The van der Waals surface area contributed by atoms with E-state index in [9.17, 15) is 34.5 Å². The Labute approximate surface area is 422 Å². The molecule has 0 amide bonds. The van der Waals surface area contributed by atoms with Crippen LogP contribution in [0.25, 0.3) is 0 Å². The molecule has 1 saturated heterocycles. The summed E-state index contributed by atoms with van der Waals surface area (Å²) < 4.78 is 14.8. The molecule has 2 fully saturated rings. The van der Waals surface area contributed by atoms with Gasteiger partial charge in [0.1, 0.15) is 5.60 Å². The largest absolute Gasteiger partial charge is 1.00 e. The number of halogens is 2. The molecular weight excluding hydrogens is 839 g/mol. The van der Waals surface area contributed by atoms with Crippen molar-refractivity contribution in [2.45, 2.75) is 232 Å². The van der Waals surface area contributed by atoms with E-state index in [2.05, 4.69) is 51.2 Å². The van der Waals surface area contributed by atoms with E-state index in [1.165, 1.54) is 58.3 Å². The molecule has 0 aromatic carbocycles. The molecule has 2 rings (SSSR count). The van der Waals surface area contributed by atoms with Crippen LogP contribution in [0.3, 0.4) is 0 Å². The van der Waals surface area contributed by atoms with E-state index in [0.717, 1.165) is 38.9 Å². The Hall–Kier alpha value is -0.185. The van der Waals surface area contributed by atoms with E-state index >= 15 is 0 Å². The average molecular weight is 938 g/mol. The van der Waals surface area contributed by atoms with Crippen LogP contribution in [0.2, 0.25) is 0 Å². The molecule has 1 aliphatic heterocycles. The van der Waals surface area contributed by atoms with E-state index in [0.29, 0.717) is 18.3 Å². The Bertz CT molecular complexity index is 1010. The SMILES string of the molecule is C.C.C.C1CCOC1.CC(C)(O)CCC(C)(C)O.CCN(CC)CC.COC(=O)CCC(=O)OC(C)(C)CCC1(C)CC1.C[C-](C)CCC(C)(C)[O-].O=C(Cl)CCC(=O)Cl.[Li+].[Li+].[OH-]. The molecule has 12 nitrogen and oxygen atoms in total. The van der Waals surface area contributed by atoms with Gasteiger partial charge in [-0.2, -0.15) is 20.3 Å². The molecule has 2 aliphatic rings. The zero-order valence-electron chi connectivity index (χ0n) is 41.2. The van der Waals surface area contributed by atoms with Crippen LogP contribution in [0.15, 0.2) is 0 Å². The molecule has 1 saturated carbocycles. The third-order valence-corrected chi connectivity index (χ3v) is 9.23. The summed E-state index contributed by atoms with van der Waals surface area (Å²) in [5.74, 6) is 0.639. The molecular formula is C47H98Cl2Li2NO11-. The van der Waals surface area contributed by atoms with Crippen LogP contribution in [0.4, 0.5) is 0 Å². The number of rotatable bonds is 19. The van der Waals surface area contributed by atoms with Crippen LogP contribution in [-0.2, 0) is 33.4 Å². The molecule has 0 unspecified atom stereocenters. The number of nitrogens with zero attached hydrogens (tertiary/aromatic N) is 1. The molecule has 0 radical (unpaired) electrons. The Morgan fingerprint density at radius 1 is 0.714 bits per heavy atom. The van der Waals surface area contributed by atoms with Gasteiger partial charge < -0.3 is 45.8 Å². The van der Waals surface area contributed by atoms with Crippen LogP contribution < -0.4 is 42.8 Å². The number of aliphatic hydroxyl groups is 2. The molecule has 374 valence electrons. The number of carbonyl (C=O) groups is 4. The Balaban J connectivity index is -0.0000000688. The average Bonchev–Trinajstić information content (AvgIpc) is 3.51. The van der Waals surface area contributed by atoms with Gasteiger partial charge in [0.25, 0.3) is 0 Å². The van der Waals surface area contributed by atoms with Gasteiger partial charge in [0.05, 0.1) is 31.2 Å². The smallest absolute Gasteiger partial charge is 0.870 e. The van der Waals surface area contributed by atoms with Gasteiger partial charge in [0.2, 0.25) is 10.5 Å². The Morgan fingerprint density at radius 3 is 1.29 bits per heavy atom. The van der Waals surface area contributed by atoms with Crippen molar-refractivity contribution >= 4 is 45.6 Å². The molecule has 0 aromatic heterocycles. The third-order valence-electron chi connectivity index (χ3n) is 8.85. The number of ether oxygens (including phenoxy) is 3. The van der Waals surface area contributed by atoms with Crippen molar-refractivity contribution in [2.75, 3.05) is 40.0 Å². The van der Waals surface area contributed by atoms with Gasteiger partial charge in [0.15, 0.2) is 0 Å². The maximum atomic E-state index is 11.6. The van der Waals surface area contributed by atoms with Crippen molar-refractivity contribution in [3.63, 3.8) is 0 Å². The van der Waals surface area contributed by atoms with Gasteiger partial charge in [-0.15, -0.1) is 5.60 Å². The first-order valence-corrected chi connectivity index (χ1v) is 21.5. The molecule has 0 bridgehead atoms. The van der Waals surface area contributed by atoms with Crippen LogP contribution in [-0.4, -0.2) is 105 Å². The molecule has 0 spiro atoms. The first-order valence-electron chi connectivity index (χ1n) is 20.8. The van der Waals surface area contributed by atoms with Crippen molar-refractivity contribution in [3.05, 3.63) is 5.92 Å². The molecule has 0 atom stereocenters. The summed E-state index contributed by atoms with van der Waals surface area (Å²) in [6, 6.07) is 0. The van der Waals surface area contributed by atoms with Crippen molar-refractivity contribution in [1.82, 2.24) is 4.90 Å². The van der Waals surface area contributed by atoms with Crippen molar-refractivity contribution < 1.29 is 91.9 Å². The van der Waals surface area contributed by atoms with E-state index in [4.69, 9.17) is 32.7 Å². The first-order chi connectivity index (χ1) is 25.9. The standard InChI is InChI=1S/C14H24O4.C8H18O2.C8H16O.C6H15N.C4H4Cl2O2.C4H8O.3CH4.2Li.H2O/c1-13(2,7-8-14(3)9-10-14)18-12(16)6-5-11(15)17-4;1-7(2,9)5-6-8(3,4)10;1-7(2)5-6-8(3,4)9;1-4-7(5-2)6-3;5-3(7)1-2-4(6)8;1-2-4-5-3-1;;;;;;/h5-10H2,1-4H3;9-10H,5-6H2,1-4H3;5-6H2,1-4H3;4-6H2,1-3H3;1-2H2;1-4H2;3*1H4;;;1H2/q;;-2;;;;;;;2*+1;/p-1. The molecule has 1 aliphatic carbocycles. The quantitative estimate of drug-likeness (QED) is 0.0776. The Morgan fingerprint density at radius 2 is 1.08 bits per heavy atom. The monoisotopic (exact) mass is 937 g/mol. The predicted molar refractivity (Wildman–Crippen MR) is 254 cm³/mol. The van der Waals surface area contributed by atoms with Crippen LogP contribution in [0, 0.1) is 11.3 Å². The van der Waals surface area contributed by atoms with E-state index in [-0.39, 0.29) is 103 Å². The second kappa shape index (κ2) is 46.9. The van der Waals surface area contributed by atoms with Crippen LogP contribution >= 0.6 is 23.2 Å². The summed E-state index contributed by atoms with van der Waals surface area (Å²) in [7, 11) is 1.31. The number of hydrogen-bond acceptors (Lipinski definition) is 12. The summed E-state index contributed by atoms with van der Waals surface area (Å²) >= 11 is 9.74. The summed E-state index contributed by atoms with van der Waals surface area (Å²) in [5.41, 5.74) is -2.02. The fraction of sp³-hybridized carbons (Fsp3) is 0.894. The zero-order chi connectivity index (χ0) is 45.5. The Kier molecular flexibility index (Phi) is 64.1. The van der Waals surface area contributed by atoms with Crippen molar-refractivity contribution in [2.24, 2.45) is 5.41 Å². The van der Waals surface area contributed by atoms with E-state index in [1.54, 1.807) is 41.5 Å². The van der Waals surface area contributed by atoms with E-state index in [1.807, 2.05) is 13.8 Å². The predicted octanol–water partition coefficient (Wildman–Crippen LogP) is 4.85. The maximum absolute atomic E-state index is 11.6. The van der Waals surface area contributed by atoms with E-state index < -0.39 is 32.9 Å². The van der Waals surface area contributed by atoms with Crippen LogP contribution in [0.5, 0.6) is 0 Å². The fourth-order valence-corrected chi connectivity index (χ4v) is 4.51. The summed E-state index contributed by atoms with van der Waals surface area (Å²) in [5, 5.41) is 28.5. The summed E-state index contributed by atoms with van der Waals surface area (Å²) in [6.45, 7) is 32.8. The number of carbonyl (C=O) groups excluding carboxylic acids is 4. The topological polar surface area (TPSA) is 193 Å². The number of methoxy groups -OCH3 is 1. The normalized spacial score (nSPS) is 13.0. The third kappa shape index (κ3) is 79.3. The minimum absolute atomic E-state index is 0. The van der Waals surface area contributed by atoms with Gasteiger partial charge in [-0.3, -0.25) is 19.2 Å². The molecule has 1 heterocycles. The fourth-order valence-electron chi connectivity index (χ4n) is 4.32. The summed E-state index contributed by atoms with van der Waals surface area (Å²) in [6.07, 6.45) is 10.3. The van der Waals surface area contributed by atoms with Crippen LogP contribution in [0.1, 0.15) is 209 Å². The zero-order valence-corrected chi connectivity index (χ0v) is 42.8. The van der Waals surface area contributed by atoms with Crippen molar-refractivity contribution in [3.8, 4) is 0 Å². The van der Waals surface area contributed by atoms with Gasteiger partial charge >= 0.3 is 49.7 Å². The van der Waals surface area contributed by atoms with Gasteiger partial charge in [-0.25, -0.2) is 0 Å². The number of hydrogen-bond donors (Lipinski definition) is 2. The minimum Gasteiger partial charge on any atom is -0.870 e. The first kappa shape index (κ1) is 86.0. The van der Waals surface area contributed by atoms with Gasteiger partial charge in [-0.1, -0.05) is 70.2 Å². The molecule has 0 aromatic rings. The summed E-state index contributed by atoms with van der Waals surface area (Å²) in [4.78, 5) is 44.7. The molecule has 63 heavy (non-hydrogen) atoms. The van der Waals surface area contributed by atoms with Gasteiger partial charge in [-0.05, 0) is 141 Å². The van der Waals surface area contributed by atoms with Crippen molar-refractivity contribution in [1.29, 1.82) is 0 Å². The van der Waals surface area contributed by atoms with Gasteiger partial charge in [0, 0.05) is 26.1 Å². The second-order valence-electron chi connectivity index (χ2n) is 17.9. The second-order valence-corrected chi connectivity index (χ2v) is 18.7. The minimum atomic E-state index is -0.739. The molecule has 16 heteroatoms.